The smallest absolute Gasteiger partial charge is 0.222 e. The number of nitrogens with one attached hydrogen (secondary N) is 1. The summed E-state index contributed by atoms with van der Waals surface area (Å²) in [7, 11) is 0. The van der Waals surface area contributed by atoms with Gasteiger partial charge in [0.15, 0.2) is 11.6 Å². The van der Waals surface area contributed by atoms with E-state index in [2.05, 4.69) is 22.3 Å². The van der Waals surface area contributed by atoms with Gasteiger partial charge in [0.25, 0.3) is 0 Å². The maximum Gasteiger partial charge on any atom is 0.222 e. The lowest BCUT2D eigenvalue weighted by Crippen LogP contribution is -2.32. The number of fused-ring (bicyclic) bond motifs is 1. The molecule has 0 aliphatic carbocycles. The van der Waals surface area contributed by atoms with Gasteiger partial charge in [-0.05, 0) is 42.3 Å². The standard InChI is InChI=1S/C30H28N4O2/c1-22(24-13-6-3-7-14-24)31-28(35)18-19-34(21-23-11-4-2-5-12-23)30-25-15-8-9-16-26(25)32-29(33-30)27-17-10-20-36-27/h2-17,20,22H,18-19,21H2,1H3,(H,31,35)/t22-/m1/s1. The number of amides is 1. The van der Waals surface area contributed by atoms with Crippen molar-refractivity contribution in [2.24, 2.45) is 0 Å². The first-order valence-electron chi connectivity index (χ1n) is 12.1. The summed E-state index contributed by atoms with van der Waals surface area (Å²) in [6.45, 7) is 3.12. The second-order valence-corrected chi connectivity index (χ2v) is 8.72. The maximum absolute atomic E-state index is 12.9. The van der Waals surface area contributed by atoms with Crippen LogP contribution in [0.5, 0.6) is 0 Å². The number of hydrogen-bond donors (Lipinski definition) is 1. The van der Waals surface area contributed by atoms with Gasteiger partial charge in [0, 0.05) is 24.9 Å². The Bertz CT molecular complexity index is 1420. The van der Waals surface area contributed by atoms with Gasteiger partial charge in [-0.25, -0.2) is 9.97 Å². The molecular formula is C30H28N4O2. The lowest BCUT2D eigenvalue weighted by atomic mass is 10.1. The Labute approximate surface area is 210 Å². The second kappa shape index (κ2) is 10.9. The molecule has 2 aromatic heterocycles. The van der Waals surface area contributed by atoms with Gasteiger partial charge < -0.3 is 14.6 Å². The highest BCUT2D eigenvalue weighted by Crippen LogP contribution is 2.29. The fourth-order valence-electron chi connectivity index (χ4n) is 4.26. The van der Waals surface area contributed by atoms with Crippen LogP contribution in [0.1, 0.15) is 30.5 Å². The second-order valence-electron chi connectivity index (χ2n) is 8.72. The first-order chi connectivity index (χ1) is 17.7. The quantitative estimate of drug-likeness (QED) is 0.276. The third-order valence-electron chi connectivity index (χ3n) is 6.13. The fourth-order valence-corrected chi connectivity index (χ4v) is 4.26. The van der Waals surface area contributed by atoms with Crippen molar-refractivity contribution >= 4 is 22.6 Å². The van der Waals surface area contributed by atoms with E-state index in [-0.39, 0.29) is 11.9 Å². The number of para-hydroxylation sites is 1. The first kappa shape index (κ1) is 23.3. The first-order valence-corrected chi connectivity index (χ1v) is 12.1. The van der Waals surface area contributed by atoms with E-state index >= 15 is 0 Å². The Balaban J connectivity index is 1.44. The van der Waals surface area contributed by atoms with Gasteiger partial charge in [0.05, 0.1) is 17.8 Å². The van der Waals surface area contributed by atoms with Crippen LogP contribution < -0.4 is 10.2 Å². The van der Waals surface area contributed by atoms with Crippen molar-refractivity contribution in [3.63, 3.8) is 0 Å². The summed E-state index contributed by atoms with van der Waals surface area (Å²) in [5.41, 5.74) is 3.05. The Morgan fingerprint density at radius 2 is 1.61 bits per heavy atom. The number of rotatable bonds is 9. The molecule has 0 aliphatic rings. The highest BCUT2D eigenvalue weighted by Gasteiger charge is 2.19. The van der Waals surface area contributed by atoms with Gasteiger partial charge in [-0.3, -0.25) is 4.79 Å². The Hall–Kier alpha value is -4.45. The van der Waals surface area contributed by atoms with E-state index in [1.54, 1.807) is 6.26 Å². The molecule has 0 saturated heterocycles. The average Bonchev–Trinajstić information content (AvgIpc) is 3.47. The SMILES string of the molecule is C[C@@H](NC(=O)CCN(Cc1ccccc1)c1nc(-c2ccco2)nc2ccccc12)c1ccccc1. The Morgan fingerprint density at radius 3 is 2.36 bits per heavy atom. The zero-order valence-corrected chi connectivity index (χ0v) is 20.2. The molecule has 0 fully saturated rings. The molecule has 1 N–H and O–H groups in total. The van der Waals surface area contributed by atoms with E-state index in [0.29, 0.717) is 31.1 Å². The zero-order valence-electron chi connectivity index (χ0n) is 20.2. The number of benzene rings is 3. The van der Waals surface area contributed by atoms with Crippen molar-refractivity contribution in [2.75, 3.05) is 11.4 Å². The van der Waals surface area contributed by atoms with E-state index in [0.717, 1.165) is 27.8 Å². The van der Waals surface area contributed by atoms with Gasteiger partial charge >= 0.3 is 0 Å². The van der Waals surface area contributed by atoms with Crippen LogP contribution in [0.25, 0.3) is 22.5 Å². The number of furan rings is 1. The normalized spacial score (nSPS) is 11.8. The molecule has 180 valence electrons. The van der Waals surface area contributed by atoms with Crippen molar-refractivity contribution in [3.8, 4) is 11.6 Å². The summed E-state index contributed by atoms with van der Waals surface area (Å²) in [6, 6.07) is 31.8. The van der Waals surface area contributed by atoms with Crippen molar-refractivity contribution in [1.29, 1.82) is 0 Å². The monoisotopic (exact) mass is 476 g/mol. The molecule has 0 saturated carbocycles. The minimum absolute atomic E-state index is 0.00552. The summed E-state index contributed by atoms with van der Waals surface area (Å²) in [5, 5.41) is 4.06. The molecule has 0 spiro atoms. The van der Waals surface area contributed by atoms with E-state index in [1.165, 1.54) is 0 Å². The molecule has 5 aromatic rings. The van der Waals surface area contributed by atoms with Gasteiger partial charge in [-0.15, -0.1) is 0 Å². The predicted octanol–water partition coefficient (Wildman–Crippen LogP) is 6.16. The largest absolute Gasteiger partial charge is 0.461 e. The minimum Gasteiger partial charge on any atom is -0.461 e. The molecule has 5 rings (SSSR count). The fraction of sp³-hybridized carbons (Fsp3) is 0.167. The molecule has 0 bridgehead atoms. The number of carbonyl (C=O) groups is 1. The topological polar surface area (TPSA) is 71.3 Å². The van der Waals surface area contributed by atoms with Crippen molar-refractivity contribution in [1.82, 2.24) is 15.3 Å². The third-order valence-corrected chi connectivity index (χ3v) is 6.13. The summed E-state index contributed by atoms with van der Waals surface area (Å²) in [6.07, 6.45) is 1.95. The van der Waals surface area contributed by atoms with Gasteiger partial charge in [-0.1, -0.05) is 72.8 Å². The molecule has 2 heterocycles. The lowest BCUT2D eigenvalue weighted by Gasteiger charge is -2.26. The molecule has 1 amide bonds. The molecule has 3 aromatic carbocycles. The van der Waals surface area contributed by atoms with Crippen LogP contribution in [0.2, 0.25) is 0 Å². The van der Waals surface area contributed by atoms with E-state index < -0.39 is 0 Å². The maximum atomic E-state index is 12.9. The Morgan fingerprint density at radius 1 is 0.889 bits per heavy atom. The Kier molecular flexibility index (Phi) is 7.03. The van der Waals surface area contributed by atoms with Crippen LogP contribution >= 0.6 is 0 Å². The van der Waals surface area contributed by atoms with Crippen molar-refractivity contribution in [2.45, 2.75) is 25.9 Å². The lowest BCUT2D eigenvalue weighted by molar-refractivity contribution is -0.121. The predicted molar refractivity (Wildman–Crippen MR) is 142 cm³/mol. The zero-order chi connectivity index (χ0) is 24.7. The van der Waals surface area contributed by atoms with Gasteiger partial charge in [0.1, 0.15) is 5.82 Å². The van der Waals surface area contributed by atoms with Gasteiger partial charge in [0.2, 0.25) is 5.91 Å². The highest BCUT2D eigenvalue weighted by molar-refractivity contribution is 5.91. The molecule has 36 heavy (non-hydrogen) atoms. The number of anilines is 1. The van der Waals surface area contributed by atoms with Crippen LogP contribution in [0.3, 0.4) is 0 Å². The average molecular weight is 477 g/mol. The van der Waals surface area contributed by atoms with Crippen molar-refractivity contribution in [3.05, 3.63) is 114 Å². The van der Waals surface area contributed by atoms with Crippen LogP contribution in [0.15, 0.2) is 108 Å². The summed E-state index contributed by atoms with van der Waals surface area (Å²) < 4.78 is 5.60. The van der Waals surface area contributed by atoms with E-state index in [4.69, 9.17) is 14.4 Å². The molecular weight excluding hydrogens is 448 g/mol. The van der Waals surface area contributed by atoms with Crippen molar-refractivity contribution < 1.29 is 9.21 Å². The summed E-state index contributed by atoms with van der Waals surface area (Å²) in [5.74, 6) is 1.90. The van der Waals surface area contributed by atoms with Crippen LogP contribution in [0, 0.1) is 0 Å². The number of hydrogen-bond acceptors (Lipinski definition) is 5. The van der Waals surface area contributed by atoms with Crippen LogP contribution in [0.4, 0.5) is 5.82 Å². The van der Waals surface area contributed by atoms with Gasteiger partial charge in [-0.2, -0.15) is 0 Å². The third kappa shape index (κ3) is 5.44. The highest BCUT2D eigenvalue weighted by atomic mass is 16.3. The van der Waals surface area contributed by atoms with Crippen LogP contribution in [-0.4, -0.2) is 22.4 Å². The molecule has 1 atom stereocenters. The number of carbonyl (C=O) groups excluding carboxylic acids is 1. The van der Waals surface area contributed by atoms with E-state index in [1.807, 2.05) is 91.9 Å². The number of aromatic nitrogens is 2. The minimum atomic E-state index is -0.0632. The summed E-state index contributed by atoms with van der Waals surface area (Å²) >= 11 is 0. The molecule has 0 aliphatic heterocycles. The molecule has 6 nitrogen and oxygen atoms in total. The molecule has 0 unspecified atom stereocenters. The molecule has 6 heteroatoms. The van der Waals surface area contributed by atoms with Crippen LogP contribution in [-0.2, 0) is 11.3 Å². The molecule has 0 radical (unpaired) electrons. The van der Waals surface area contributed by atoms with E-state index in [9.17, 15) is 4.79 Å². The summed E-state index contributed by atoms with van der Waals surface area (Å²) in [4.78, 5) is 24.7. The number of nitrogens with zero attached hydrogens (tertiary/aromatic N) is 3.